The highest BCUT2D eigenvalue weighted by Gasteiger charge is 2.41. The Morgan fingerprint density at radius 3 is 2.69 bits per heavy atom. The fourth-order valence-corrected chi connectivity index (χ4v) is 3.57. The van der Waals surface area contributed by atoms with E-state index in [0.717, 1.165) is 17.5 Å². The van der Waals surface area contributed by atoms with Crippen LogP contribution in [0.3, 0.4) is 0 Å². The highest BCUT2D eigenvalue weighted by Crippen LogP contribution is 2.34. The summed E-state index contributed by atoms with van der Waals surface area (Å²) in [4.78, 5) is 16.8. The van der Waals surface area contributed by atoms with Crippen molar-refractivity contribution in [2.24, 2.45) is 0 Å². The summed E-state index contributed by atoms with van der Waals surface area (Å²) in [6, 6.07) is 7.79. The third-order valence-corrected chi connectivity index (χ3v) is 4.83. The first-order chi connectivity index (χ1) is 12.5. The van der Waals surface area contributed by atoms with E-state index in [1.807, 2.05) is 24.3 Å². The molecular formula is C19H21FN2O4. The van der Waals surface area contributed by atoms with Gasteiger partial charge >= 0.3 is 6.09 Å². The van der Waals surface area contributed by atoms with E-state index < -0.39 is 24.1 Å². The summed E-state index contributed by atoms with van der Waals surface area (Å²) >= 11 is 0. The van der Waals surface area contributed by atoms with E-state index in [4.69, 9.17) is 4.74 Å². The Hall–Kier alpha value is -2.67. The minimum atomic E-state index is -1.12. The fourth-order valence-electron chi connectivity index (χ4n) is 3.57. The first-order valence-corrected chi connectivity index (χ1v) is 8.42. The zero-order chi connectivity index (χ0) is 18.7. The number of nitrogens with zero attached hydrogens (tertiary/aromatic N) is 2. The molecule has 6 nitrogen and oxygen atoms in total. The second-order valence-electron chi connectivity index (χ2n) is 6.42. The molecule has 1 amide bonds. The van der Waals surface area contributed by atoms with Crippen LogP contribution in [-0.4, -0.2) is 45.4 Å². The number of pyridine rings is 1. The highest BCUT2D eigenvalue weighted by molar-refractivity contribution is 5.66. The summed E-state index contributed by atoms with van der Waals surface area (Å²) < 4.78 is 18.5. The summed E-state index contributed by atoms with van der Waals surface area (Å²) in [5.41, 5.74) is 1.27. The lowest BCUT2D eigenvalue weighted by atomic mass is 10.0. The SMILES string of the molecule is COc1ccc(C[C@@H]2CCC([C@H](O)c3cncc(F)c3)N2C(=O)O)cc1. The van der Waals surface area contributed by atoms with Gasteiger partial charge in [0, 0.05) is 17.8 Å². The quantitative estimate of drug-likeness (QED) is 0.856. The van der Waals surface area contributed by atoms with Crippen molar-refractivity contribution in [3.05, 3.63) is 59.7 Å². The number of aromatic nitrogens is 1. The van der Waals surface area contributed by atoms with Gasteiger partial charge in [-0.2, -0.15) is 0 Å². The van der Waals surface area contributed by atoms with Crippen LogP contribution >= 0.6 is 0 Å². The van der Waals surface area contributed by atoms with Gasteiger partial charge in [0.05, 0.1) is 19.3 Å². The van der Waals surface area contributed by atoms with Gasteiger partial charge in [-0.15, -0.1) is 0 Å². The molecule has 1 aromatic heterocycles. The molecule has 0 radical (unpaired) electrons. The first-order valence-electron chi connectivity index (χ1n) is 8.42. The van der Waals surface area contributed by atoms with Crippen molar-refractivity contribution < 1.29 is 24.1 Å². The summed E-state index contributed by atoms with van der Waals surface area (Å²) in [5, 5.41) is 20.3. The number of halogens is 1. The average Bonchev–Trinajstić information content (AvgIpc) is 3.05. The largest absolute Gasteiger partial charge is 0.497 e. The zero-order valence-electron chi connectivity index (χ0n) is 14.4. The molecule has 3 atom stereocenters. The average molecular weight is 360 g/mol. The van der Waals surface area contributed by atoms with E-state index in [-0.39, 0.29) is 11.6 Å². The molecule has 2 heterocycles. The number of carboxylic acid groups (broad SMARTS) is 1. The number of hydrogen-bond donors (Lipinski definition) is 2. The normalized spacial score (nSPS) is 20.8. The van der Waals surface area contributed by atoms with Crippen molar-refractivity contribution >= 4 is 6.09 Å². The molecule has 1 aliphatic rings. The molecular weight excluding hydrogens is 339 g/mol. The molecule has 2 aromatic rings. The van der Waals surface area contributed by atoms with Gasteiger partial charge in [0.2, 0.25) is 0 Å². The van der Waals surface area contributed by atoms with E-state index in [1.165, 1.54) is 17.2 Å². The fraction of sp³-hybridized carbons (Fsp3) is 0.368. The van der Waals surface area contributed by atoms with E-state index in [0.29, 0.717) is 19.3 Å². The number of ether oxygens (including phenoxy) is 1. The molecule has 1 unspecified atom stereocenters. The monoisotopic (exact) mass is 360 g/mol. The molecule has 138 valence electrons. The maximum absolute atomic E-state index is 13.4. The van der Waals surface area contributed by atoms with Gasteiger partial charge in [-0.05, 0) is 43.0 Å². The lowest BCUT2D eigenvalue weighted by Crippen LogP contribution is -2.44. The minimum absolute atomic E-state index is 0.248. The molecule has 7 heteroatoms. The van der Waals surface area contributed by atoms with Crippen LogP contribution in [0.4, 0.5) is 9.18 Å². The number of carbonyl (C=O) groups is 1. The second kappa shape index (κ2) is 7.70. The van der Waals surface area contributed by atoms with E-state index >= 15 is 0 Å². The number of aliphatic hydroxyl groups excluding tert-OH is 1. The predicted molar refractivity (Wildman–Crippen MR) is 92.5 cm³/mol. The second-order valence-corrected chi connectivity index (χ2v) is 6.42. The third-order valence-electron chi connectivity index (χ3n) is 4.83. The molecule has 0 spiro atoms. The Kier molecular flexibility index (Phi) is 5.37. The summed E-state index contributed by atoms with van der Waals surface area (Å²) in [6.45, 7) is 0. The van der Waals surface area contributed by atoms with Crippen molar-refractivity contribution in [1.82, 2.24) is 9.88 Å². The van der Waals surface area contributed by atoms with Crippen LogP contribution in [-0.2, 0) is 6.42 Å². The molecule has 2 N–H and O–H groups in total. The van der Waals surface area contributed by atoms with Gasteiger partial charge in [0.15, 0.2) is 0 Å². The number of benzene rings is 1. The molecule has 1 aromatic carbocycles. The Labute approximate surface area is 150 Å². The molecule has 0 saturated carbocycles. The third kappa shape index (κ3) is 3.77. The van der Waals surface area contributed by atoms with Gasteiger partial charge in [-0.25, -0.2) is 9.18 Å². The van der Waals surface area contributed by atoms with Gasteiger partial charge in [0.25, 0.3) is 0 Å². The molecule has 3 rings (SSSR count). The number of aliphatic hydroxyl groups is 1. The molecule has 1 fully saturated rings. The number of likely N-dealkylation sites (tertiary alicyclic amines) is 1. The van der Waals surface area contributed by atoms with Gasteiger partial charge < -0.3 is 14.9 Å². The molecule has 1 aliphatic heterocycles. The maximum atomic E-state index is 13.4. The highest BCUT2D eigenvalue weighted by atomic mass is 19.1. The zero-order valence-corrected chi connectivity index (χ0v) is 14.4. The van der Waals surface area contributed by atoms with Crippen LogP contribution in [0.15, 0.2) is 42.7 Å². The van der Waals surface area contributed by atoms with Gasteiger partial charge in [-0.3, -0.25) is 9.88 Å². The standard InChI is InChI=1S/C19H21FN2O4/c1-26-16-5-2-12(3-6-16)8-15-4-7-17(22(15)19(24)25)18(23)13-9-14(20)11-21-10-13/h2-3,5-6,9-11,15,17-18,23H,4,7-8H2,1H3,(H,24,25)/t15-,17?,18+/m0/s1. The Balaban J connectivity index is 1.77. The van der Waals surface area contributed by atoms with Crippen LogP contribution in [0.5, 0.6) is 5.75 Å². The van der Waals surface area contributed by atoms with Crippen molar-refractivity contribution in [3.8, 4) is 5.75 Å². The van der Waals surface area contributed by atoms with Crippen LogP contribution < -0.4 is 4.74 Å². The predicted octanol–water partition coefficient (Wildman–Crippen LogP) is 3.02. The topological polar surface area (TPSA) is 82.9 Å². The van der Waals surface area contributed by atoms with Crippen LogP contribution in [0.25, 0.3) is 0 Å². The summed E-state index contributed by atoms with van der Waals surface area (Å²) in [6.07, 6.45) is 1.88. The van der Waals surface area contributed by atoms with E-state index in [2.05, 4.69) is 4.98 Å². The first kappa shape index (κ1) is 18.1. The summed E-state index contributed by atoms with van der Waals surface area (Å²) in [5.74, 6) is 0.179. The number of methoxy groups -OCH3 is 1. The molecule has 1 saturated heterocycles. The Bertz CT molecular complexity index is 768. The van der Waals surface area contributed by atoms with E-state index in [9.17, 15) is 19.4 Å². The number of amides is 1. The van der Waals surface area contributed by atoms with Gasteiger partial charge in [-0.1, -0.05) is 12.1 Å². The number of rotatable bonds is 5. The summed E-state index contributed by atoms with van der Waals surface area (Å²) in [7, 11) is 1.59. The van der Waals surface area contributed by atoms with Crippen molar-refractivity contribution in [3.63, 3.8) is 0 Å². The Morgan fingerprint density at radius 2 is 2.08 bits per heavy atom. The van der Waals surface area contributed by atoms with Gasteiger partial charge in [0.1, 0.15) is 17.7 Å². The Morgan fingerprint density at radius 1 is 1.35 bits per heavy atom. The molecule has 26 heavy (non-hydrogen) atoms. The molecule has 0 aliphatic carbocycles. The lowest BCUT2D eigenvalue weighted by Gasteiger charge is -2.30. The van der Waals surface area contributed by atoms with Crippen molar-refractivity contribution in [2.45, 2.75) is 37.5 Å². The van der Waals surface area contributed by atoms with E-state index in [1.54, 1.807) is 7.11 Å². The number of hydrogen-bond acceptors (Lipinski definition) is 4. The van der Waals surface area contributed by atoms with Crippen LogP contribution in [0.1, 0.15) is 30.1 Å². The van der Waals surface area contributed by atoms with Crippen LogP contribution in [0.2, 0.25) is 0 Å². The molecule has 0 bridgehead atoms. The van der Waals surface area contributed by atoms with Crippen LogP contribution in [0, 0.1) is 5.82 Å². The van der Waals surface area contributed by atoms with Crippen molar-refractivity contribution in [1.29, 1.82) is 0 Å². The maximum Gasteiger partial charge on any atom is 0.407 e. The van der Waals surface area contributed by atoms with Crippen molar-refractivity contribution in [2.75, 3.05) is 7.11 Å². The smallest absolute Gasteiger partial charge is 0.407 e. The lowest BCUT2D eigenvalue weighted by molar-refractivity contribution is 0.0537. The minimum Gasteiger partial charge on any atom is -0.497 e.